The fraction of sp³-hybridized carbons (Fsp3) is 0.643. The van der Waals surface area contributed by atoms with Gasteiger partial charge in [0.05, 0.1) is 6.20 Å². The standard InChI is InChI=1S/C14H20N4O3/c19-13(20)12-5-10-3-1-2-4-11(10)18(12)14(21)15-6-9-7-16-17-8-9/h7-8,10-12H,1-6H2,(H,15,21)(H,16,17)(H,19,20). The predicted octanol–water partition coefficient (Wildman–Crippen LogP) is 1.34. The second-order valence-electron chi connectivity index (χ2n) is 5.87. The average molecular weight is 292 g/mol. The number of rotatable bonds is 3. The van der Waals surface area contributed by atoms with Gasteiger partial charge >= 0.3 is 12.0 Å². The summed E-state index contributed by atoms with van der Waals surface area (Å²) in [6.45, 7) is 0.357. The summed E-state index contributed by atoms with van der Waals surface area (Å²) in [6.07, 6.45) is 8.08. The highest BCUT2D eigenvalue weighted by atomic mass is 16.4. The van der Waals surface area contributed by atoms with Crippen molar-refractivity contribution in [2.24, 2.45) is 5.92 Å². The third-order valence-corrected chi connectivity index (χ3v) is 4.61. The number of nitrogens with one attached hydrogen (secondary N) is 2. The number of aromatic amines is 1. The lowest BCUT2D eigenvalue weighted by Gasteiger charge is -2.32. The number of carbonyl (C=O) groups is 2. The van der Waals surface area contributed by atoms with E-state index in [4.69, 9.17) is 0 Å². The van der Waals surface area contributed by atoms with Crippen LogP contribution in [0.5, 0.6) is 0 Å². The van der Waals surface area contributed by atoms with Crippen LogP contribution >= 0.6 is 0 Å². The molecule has 1 aliphatic carbocycles. The number of hydrogen-bond donors (Lipinski definition) is 3. The molecule has 3 unspecified atom stereocenters. The van der Waals surface area contributed by atoms with Gasteiger partial charge in [0.15, 0.2) is 0 Å². The summed E-state index contributed by atoms with van der Waals surface area (Å²) in [7, 11) is 0. The van der Waals surface area contributed by atoms with Gasteiger partial charge in [0, 0.05) is 24.3 Å². The van der Waals surface area contributed by atoms with Gasteiger partial charge < -0.3 is 15.3 Å². The third-order valence-electron chi connectivity index (χ3n) is 4.61. The van der Waals surface area contributed by atoms with E-state index in [2.05, 4.69) is 15.5 Å². The number of carbonyl (C=O) groups excluding carboxylic acids is 1. The van der Waals surface area contributed by atoms with Crippen LogP contribution in [0.1, 0.15) is 37.7 Å². The summed E-state index contributed by atoms with van der Waals surface area (Å²) in [6, 6.07) is -0.898. The number of amides is 2. The summed E-state index contributed by atoms with van der Waals surface area (Å²) in [5.41, 5.74) is 0.870. The van der Waals surface area contributed by atoms with E-state index in [0.717, 1.165) is 31.2 Å². The van der Waals surface area contributed by atoms with Gasteiger partial charge in [-0.05, 0) is 25.2 Å². The van der Waals surface area contributed by atoms with Gasteiger partial charge in [-0.3, -0.25) is 5.10 Å². The predicted molar refractivity (Wildman–Crippen MR) is 74.4 cm³/mol. The molecule has 2 amide bonds. The number of carboxylic acids is 1. The van der Waals surface area contributed by atoms with Crippen LogP contribution in [0.15, 0.2) is 12.4 Å². The van der Waals surface area contributed by atoms with Crippen molar-refractivity contribution in [3.05, 3.63) is 18.0 Å². The van der Waals surface area contributed by atoms with E-state index in [-0.39, 0.29) is 12.1 Å². The Morgan fingerprint density at radius 3 is 2.95 bits per heavy atom. The minimum atomic E-state index is -0.900. The Morgan fingerprint density at radius 2 is 2.24 bits per heavy atom. The van der Waals surface area contributed by atoms with Crippen molar-refractivity contribution in [1.29, 1.82) is 0 Å². The number of aromatic nitrogens is 2. The first-order valence-corrected chi connectivity index (χ1v) is 7.43. The first-order valence-electron chi connectivity index (χ1n) is 7.43. The van der Waals surface area contributed by atoms with Crippen molar-refractivity contribution in [3.8, 4) is 0 Å². The number of likely N-dealkylation sites (tertiary alicyclic amines) is 1. The molecule has 3 rings (SSSR count). The topological polar surface area (TPSA) is 98.3 Å². The van der Waals surface area contributed by atoms with E-state index in [9.17, 15) is 14.7 Å². The van der Waals surface area contributed by atoms with Crippen LogP contribution in [-0.4, -0.2) is 44.3 Å². The van der Waals surface area contributed by atoms with Gasteiger partial charge in [-0.1, -0.05) is 12.8 Å². The van der Waals surface area contributed by atoms with Crippen LogP contribution in [0, 0.1) is 5.92 Å². The van der Waals surface area contributed by atoms with Gasteiger partial charge in [-0.15, -0.1) is 0 Å². The number of hydrogen-bond acceptors (Lipinski definition) is 3. The molecule has 2 fully saturated rings. The zero-order valence-electron chi connectivity index (χ0n) is 11.8. The maximum absolute atomic E-state index is 12.4. The van der Waals surface area contributed by atoms with Gasteiger partial charge in [0.2, 0.25) is 0 Å². The fourth-order valence-electron chi connectivity index (χ4n) is 3.62. The largest absolute Gasteiger partial charge is 0.480 e. The highest BCUT2D eigenvalue weighted by molar-refractivity contribution is 5.83. The minimum absolute atomic E-state index is 0.0733. The van der Waals surface area contributed by atoms with Gasteiger partial charge in [0.25, 0.3) is 0 Å². The zero-order chi connectivity index (χ0) is 14.8. The molecular weight excluding hydrogens is 272 g/mol. The van der Waals surface area contributed by atoms with E-state index in [1.54, 1.807) is 17.3 Å². The molecule has 2 aliphatic rings. The number of urea groups is 1. The lowest BCUT2D eigenvalue weighted by molar-refractivity contribution is -0.141. The molecule has 1 aromatic heterocycles. The molecule has 3 atom stereocenters. The molecule has 1 saturated carbocycles. The van der Waals surface area contributed by atoms with Crippen molar-refractivity contribution < 1.29 is 14.7 Å². The Labute approximate surface area is 122 Å². The smallest absolute Gasteiger partial charge is 0.326 e. The van der Waals surface area contributed by atoms with E-state index in [1.807, 2.05) is 0 Å². The zero-order valence-corrected chi connectivity index (χ0v) is 11.8. The summed E-state index contributed by atoms with van der Waals surface area (Å²) in [4.78, 5) is 25.4. The summed E-state index contributed by atoms with van der Waals surface area (Å²) < 4.78 is 0. The Hall–Kier alpha value is -2.05. The van der Waals surface area contributed by atoms with Crippen LogP contribution in [0.4, 0.5) is 4.79 Å². The monoisotopic (exact) mass is 292 g/mol. The first-order chi connectivity index (χ1) is 10.2. The van der Waals surface area contributed by atoms with E-state index >= 15 is 0 Å². The molecule has 0 aromatic carbocycles. The average Bonchev–Trinajstić information content (AvgIpc) is 3.11. The molecule has 7 nitrogen and oxygen atoms in total. The molecule has 3 N–H and O–H groups in total. The molecule has 21 heavy (non-hydrogen) atoms. The summed E-state index contributed by atoms with van der Waals surface area (Å²) in [5, 5.41) is 18.7. The van der Waals surface area contributed by atoms with E-state index in [1.165, 1.54) is 0 Å². The molecule has 0 bridgehead atoms. The lowest BCUT2D eigenvalue weighted by Crippen LogP contribution is -2.50. The highest BCUT2D eigenvalue weighted by Gasteiger charge is 2.47. The van der Waals surface area contributed by atoms with Crippen molar-refractivity contribution in [1.82, 2.24) is 20.4 Å². The van der Waals surface area contributed by atoms with Crippen molar-refractivity contribution in [3.63, 3.8) is 0 Å². The second-order valence-corrected chi connectivity index (χ2v) is 5.87. The van der Waals surface area contributed by atoms with E-state index < -0.39 is 12.0 Å². The number of H-pyrrole nitrogens is 1. The molecule has 0 spiro atoms. The number of carboxylic acid groups (broad SMARTS) is 1. The van der Waals surface area contributed by atoms with Crippen molar-refractivity contribution in [2.75, 3.05) is 0 Å². The van der Waals surface area contributed by atoms with Crippen LogP contribution in [-0.2, 0) is 11.3 Å². The Balaban J connectivity index is 1.70. The summed E-state index contributed by atoms with van der Waals surface area (Å²) >= 11 is 0. The van der Waals surface area contributed by atoms with Crippen molar-refractivity contribution in [2.45, 2.75) is 50.7 Å². The number of fused-ring (bicyclic) bond motifs is 1. The van der Waals surface area contributed by atoms with Gasteiger partial charge in [-0.2, -0.15) is 5.10 Å². The molecule has 1 saturated heterocycles. The SMILES string of the molecule is O=C(O)C1CC2CCCCC2N1C(=O)NCc1cn[nH]c1. The molecule has 1 aliphatic heterocycles. The summed E-state index contributed by atoms with van der Waals surface area (Å²) in [5.74, 6) is -0.567. The Kier molecular flexibility index (Phi) is 3.81. The number of nitrogens with zero attached hydrogens (tertiary/aromatic N) is 2. The lowest BCUT2D eigenvalue weighted by atomic mass is 9.85. The second kappa shape index (κ2) is 5.75. The molecule has 2 heterocycles. The maximum atomic E-state index is 12.4. The maximum Gasteiger partial charge on any atom is 0.326 e. The minimum Gasteiger partial charge on any atom is -0.480 e. The molecule has 7 heteroatoms. The van der Waals surface area contributed by atoms with Gasteiger partial charge in [-0.25, -0.2) is 9.59 Å². The fourth-order valence-corrected chi connectivity index (χ4v) is 3.62. The highest BCUT2D eigenvalue weighted by Crippen LogP contribution is 2.39. The van der Waals surface area contributed by atoms with E-state index in [0.29, 0.717) is 18.9 Å². The first kappa shape index (κ1) is 13.9. The van der Waals surface area contributed by atoms with Crippen LogP contribution in [0.3, 0.4) is 0 Å². The van der Waals surface area contributed by atoms with Crippen LogP contribution in [0.25, 0.3) is 0 Å². The Bertz CT molecular complexity index is 516. The van der Waals surface area contributed by atoms with Crippen molar-refractivity contribution >= 4 is 12.0 Å². The third kappa shape index (κ3) is 2.72. The molecule has 1 aromatic rings. The van der Waals surface area contributed by atoms with Gasteiger partial charge in [0.1, 0.15) is 6.04 Å². The van der Waals surface area contributed by atoms with Crippen LogP contribution < -0.4 is 5.32 Å². The van der Waals surface area contributed by atoms with Crippen LogP contribution in [0.2, 0.25) is 0 Å². The normalized spacial score (nSPS) is 28.2. The Morgan fingerprint density at radius 1 is 1.43 bits per heavy atom. The molecular formula is C14H20N4O3. The molecule has 0 radical (unpaired) electrons. The quantitative estimate of drug-likeness (QED) is 0.783. The number of aliphatic carboxylic acids is 1. The molecule has 114 valence electrons.